The maximum atomic E-state index is 11.9. The standard InChI is InChI=1S/C11H15ClN8O3/c1-2-4(21)16-3-5(22)17-11(15)20-10(23)6-8(13)19-9(14)7(12)18-6/h2-3H2,1H3,(H,16,21)(H4,13,14,19)(H3,15,17,20,22,23). The van der Waals surface area contributed by atoms with E-state index in [2.05, 4.69) is 25.6 Å². The average Bonchev–Trinajstić information content (AvgIpc) is 2.48. The molecule has 0 aliphatic rings. The molecule has 3 amide bonds. The van der Waals surface area contributed by atoms with Crippen molar-refractivity contribution in [1.82, 2.24) is 20.6 Å². The van der Waals surface area contributed by atoms with E-state index in [1.165, 1.54) is 0 Å². The van der Waals surface area contributed by atoms with Crippen LogP contribution < -0.4 is 27.8 Å². The molecule has 23 heavy (non-hydrogen) atoms. The van der Waals surface area contributed by atoms with Crippen molar-refractivity contribution in [1.29, 1.82) is 0 Å². The third-order valence-electron chi connectivity index (χ3n) is 2.36. The number of rotatable bonds is 4. The van der Waals surface area contributed by atoms with Crippen molar-refractivity contribution >= 4 is 46.9 Å². The second-order valence-electron chi connectivity index (χ2n) is 4.11. The van der Waals surface area contributed by atoms with Gasteiger partial charge in [0, 0.05) is 6.42 Å². The number of nitrogens with zero attached hydrogens (tertiary/aromatic N) is 3. The number of hydrogen-bond acceptors (Lipinski definition) is 7. The van der Waals surface area contributed by atoms with Crippen LogP contribution in [0.15, 0.2) is 4.99 Å². The molecule has 1 heterocycles. The second-order valence-corrected chi connectivity index (χ2v) is 4.47. The first-order valence-electron chi connectivity index (χ1n) is 6.28. The van der Waals surface area contributed by atoms with Crippen LogP contribution in [0.4, 0.5) is 11.6 Å². The van der Waals surface area contributed by atoms with Gasteiger partial charge in [0.2, 0.25) is 17.8 Å². The molecular formula is C11H15ClN8O3. The number of anilines is 2. The first-order chi connectivity index (χ1) is 10.7. The number of nitrogen functional groups attached to an aromatic ring is 2. The fraction of sp³-hybridized carbons (Fsp3) is 0.273. The van der Waals surface area contributed by atoms with Gasteiger partial charge in [0.05, 0.1) is 6.54 Å². The predicted molar refractivity (Wildman–Crippen MR) is 83.3 cm³/mol. The molecular weight excluding hydrogens is 328 g/mol. The lowest BCUT2D eigenvalue weighted by Crippen LogP contribution is -2.43. The zero-order chi connectivity index (χ0) is 17.6. The lowest BCUT2D eigenvalue weighted by Gasteiger charge is -2.06. The Hall–Kier alpha value is -2.95. The summed E-state index contributed by atoms with van der Waals surface area (Å²) in [6, 6.07) is 0. The summed E-state index contributed by atoms with van der Waals surface area (Å²) in [6.07, 6.45) is 0.227. The van der Waals surface area contributed by atoms with Crippen LogP contribution in [0, 0.1) is 0 Å². The maximum Gasteiger partial charge on any atom is 0.302 e. The molecule has 0 aromatic carbocycles. The van der Waals surface area contributed by atoms with E-state index in [1.54, 1.807) is 6.92 Å². The molecule has 0 atom stereocenters. The fourth-order valence-corrected chi connectivity index (χ4v) is 1.41. The molecule has 0 unspecified atom stereocenters. The van der Waals surface area contributed by atoms with Gasteiger partial charge in [0.15, 0.2) is 22.5 Å². The number of nitrogens with two attached hydrogens (primary N) is 3. The molecule has 1 rings (SSSR count). The maximum absolute atomic E-state index is 11.9. The number of guanidine groups is 1. The van der Waals surface area contributed by atoms with Crippen molar-refractivity contribution in [3.8, 4) is 0 Å². The molecule has 0 spiro atoms. The van der Waals surface area contributed by atoms with Gasteiger partial charge in [-0.2, -0.15) is 4.99 Å². The largest absolute Gasteiger partial charge is 0.382 e. The number of amides is 3. The number of nitrogens with one attached hydrogen (secondary N) is 2. The summed E-state index contributed by atoms with van der Waals surface area (Å²) in [5.41, 5.74) is 15.9. The van der Waals surface area contributed by atoms with E-state index < -0.39 is 17.8 Å². The SMILES string of the molecule is CCC(=O)NCC(=O)NC(N)=NC(=O)c1nc(Cl)c(N)nc1N. The first-order valence-corrected chi connectivity index (χ1v) is 6.65. The van der Waals surface area contributed by atoms with Gasteiger partial charge in [0.25, 0.3) is 0 Å². The van der Waals surface area contributed by atoms with Crippen molar-refractivity contribution in [3.63, 3.8) is 0 Å². The minimum atomic E-state index is -0.965. The summed E-state index contributed by atoms with van der Waals surface area (Å²) in [6.45, 7) is 1.32. The predicted octanol–water partition coefficient (Wildman–Crippen LogP) is -1.61. The van der Waals surface area contributed by atoms with Crippen LogP contribution in [0.1, 0.15) is 23.8 Å². The summed E-state index contributed by atoms with van der Waals surface area (Å²) in [5.74, 6) is -2.86. The summed E-state index contributed by atoms with van der Waals surface area (Å²) in [5, 5.41) is 4.22. The van der Waals surface area contributed by atoms with E-state index >= 15 is 0 Å². The summed E-state index contributed by atoms with van der Waals surface area (Å²) >= 11 is 5.64. The Morgan fingerprint density at radius 3 is 2.43 bits per heavy atom. The highest BCUT2D eigenvalue weighted by Crippen LogP contribution is 2.17. The number of hydrogen-bond donors (Lipinski definition) is 5. The summed E-state index contributed by atoms with van der Waals surface area (Å²) < 4.78 is 0. The number of carbonyl (C=O) groups is 3. The molecule has 0 aliphatic heterocycles. The molecule has 0 bridgehead atoms. The van der Waals surface area contributed by atoms with E-state index in [4.69, 9.17) is 28.8 Å². The van der Waals surface area contributed by atoms with E-state index in [0.29, 0.717) is 0 Å². The number of carbonyl (C=O) groups excluding carboxylic acids is 3. The van der Waals surface area contributed by atoms with E-state index in [1.807, 2.05) is 0 Å². The Bertz CT molecular complexity index is 675. The average molecular weight is 343 g/mol. The number of halogens is 1. The van der Waals surface area contributed by atoms with Crippen molar-refractivity contribution < 1.29 is 14.4 Å². The van der Waals surface area contributed by atoms with Crippen LogP contribution in [0.5, 0.6) is 0 Å². The van der Waals surface area contributed by atoms with Crippen LogP contribution in [0.2, 0.25) is 5.15 Å². The normalized spacial score (nSPS) is 11.0. The second kappa shape index (κ2) is 7.89. The van der Waals surface area contributed by atoms with Gasteiger partial charge in [-0.1, -0.05) is 18.5 Å². The molecule has 124 valence electrons. The Morgan fingerprint density at radius 2 is 1.83 bits per heavy atom. The zero-order valence-electron chi connectivity index (χ0n) is 12.1. The molecule has 0 radical (unpaired) electrons. The number of aliphatic imine (C=N–C) groups is 1. The van der Waals surface area contributed by atoms with Gasteiger partial charge in [-0.15, -0.1) is 0 Å². The van der Waals surface area contributed by atoms with Gasteiger partial charge in [-0.25, -0.2) is 9.97 Å². The van der Waals surface area contributed by atoms with Crippen LogP contribution >= 0.6 is 11.6 Å². The monoisotopic (exact) mass is 342 g/mol. The van der Waals surface area contributed by atoms with Gasteiger partial charge in [-0.05, 0) is 0 Å². The fourth-order valence-electron chi connectivity index (χ4n) is 1.28. The zero-order valence-corrected chi connectivity index (χ0v) is 12.8. The minimum Gasteiger partial charge on any atom is -0.382 e. The van der Waals surface area contributed by atoms with Gasteiger partial charge in [0.1, 0.15) is 0 Å². The van der Waals surface area contributed by atoms with Gasteiger partial charge < -0.3 is 22.5 Å². The van der Waals surface area contributed by atoms with Crippen molar-refractivity contribution in [2.45, 2.75) is 13.3 Å². The smallest absolute Gasteiger partial charge is 0.302 e. The molecule has 12 heteroatoms. The summed E-state index contributed by atoms with van der Waals surface area (Å²) in [4.78, 5) is 45.0. The van der Waals surface area contributed by atoms with Gasteiger partial charge in [-0.3, -0.25) is 19.7 Å². The molecule has 0 fully saturated rings. The molecule has 0 aliphatic carbocycles. The summed E-state index contributed by atoms with van der Waals surface area (Å²) in [7, 11) is 0. The highest BCUT2D eigenvalue weighted by Gasteiger charge is 2.16. The Labute approximate surface area is 135 Å². The van der Waals surface area contributed by atoms with Crippen LogP contribution in [-0.4, -0.2) is 40.2 Å². The first kappa shape index (κ1) is 18.1. The third-order valence-corrected chi connectivity index (χ3v) is 2.64. The molecule has 0 saturated carbocycles. The third kappa shape index (κ3) is 5.39. The van der Waals surface area contributed by atoms with Crippen LogP contribution in [0.3, 0.4) is 0 Å². The lowest BCUT2D eigenvalue weighted by molar-refractivity contribution is -0.125. The Balaban J connectivity index is 2.74. The van der Waals surface area contributed by atoms with Crippen molar-refractivity contribution in [3.05, 3.63) is 10.8 Å². The topological polar surface area (TPSA) is 191 Å². The lowest BCUT2D eigenvalue weighted by atomic mass is 10.4. The quantitative estimate of drug-likeness (QED) is 0.318. The Morgan fingerprint density at radius 1 is 1.17 bits per heavy atom. The van der Waals surface area contributed by atoms with E-state index in [9.17, 15) is 14.4 Å². The Kier molecular flexibility index (Phi) is 6.21. The van der Waals surface area contributed by atoms with Crippen molar-refractivity contribution in [2.24, 2.45) is 10.7 Å². The minimum absolute atomic E-state index is 0.141. The molecule has 8 N–H and O–H groups in total. The van der Waals surface area contributed by atoms with Crippen LogP contribution in [0.25, 0.3) is 0 Å². The highest BCUT2D eigenvalue weighted by atomic mass is 35.5. The van der Waals surface area contributed by atoms with E-state index in [-0.39, 0.29) is 41.4 Å². The van der Waals surface area contributed by atoms with E-state index in [0.717, 1.165) is 0 Å². The van der Waals surface area contributed by atoms with Crippen LogP contribution in [-0.2, 0) is 9.59 Å². The molecule has 1 aromatic rings. The van der Waals surface area contributed by atoms with Gasteiger partial charge >= 0.3 is 5.91 Å². The molecule has 1 aromatic heterocycles. The van der Waals surface area contributed by atoms with Crippen molar-refractivity contribution in [2.75, 3.05) is 18.0 Å². The molecule has 0 saturated heterocycles. The molecule has 11 nitrogen and oxygen atoms in total. The highest BCUT2D eigenvalue weighted by molar-refractivity contribution is 6.31. The number of aromatic nitrogens is 2.